The van der Waals surface area contributed by atoms with Crippen molar-refractivity contribution < 1.29 is 9.59 Å². The molecule has 41 heavy (non-hydrogen) atoms. The van der Waals surface area contributed by atoms with Crippen LogP contribution in [0.4, 0.5) is 0 Å². The molecule has 5 nitrogen and oxygen atoms in total. The molecule has 0 spiro atoms. The minimum absolute atomic E-state index is 0.0570. The SMILES string of the molecule is CC(=O)CNC1(c2ccccc2)CCN(CC2CC2(C(=O)N(C)[C@@H](C)c2ccccc2)c2ccc(Cl)c(Cl)c2)CC1. The van der Waals surface area contributed by atoms with Gasteiger partial charge in [0.2, 0.25) is 5.91 Å². The molecular formula is C34H39Cl2N3O2. The number of likely N-dealkylation sites (N-methyl/N-ethyl adjacent to an activating group) is 1. The van der Waals surface area contributed by atoms with Crippen LogP contribution >= 0.6 is 23.2 Å². The molecule has 1 amide bonds. The number of carbonyl (C=O) groups is 2. The Labute approximate surface area is 253 Å². The highest BCUT2D eigenvalue weighted by Gasteiger charge is 2.62. The fourth-order valence-electron chi connectivity index (χ4n) is 6.56. The van der Waals surface area contributed by atoms with Gasteiger partial charge in [0.25, 0.3) is 0 Å². The lowest BCUT2D eigenvalue weighted by atomic mass is 9.80. The first kappa shape index (κ1) is 29.8. The van der Waals surface area contributed by atoms with Crippen molar-refractivity contribution in [2.24, 2.45) is 5.92 Å². The van der Waals surface area contributed by atoms with Gasteiger partial charge in [-0.2, -0.15) is 0 Å². The lowest BCUT2D eigenvalue weighted by Gasteiger charge is -2.43. The van der Waals surface area contributed by atoms with Crippen LogP contribution in [0.3, 0.4) is 0 Å². The summed E-state index contributed by atoms with van der Waals surface area (Å²) < 4.78 is 0. The van der Waals surface area contributed by atoms with Crippen LogP contribution in [0.5, 0.6) is 0 Å². The van der Waals surface area contributed by atoms with E-state index in [1.54, 1.807) is 13.0 Å². The van der Waals surface area contributed by atoms with Gasteiger partial charge < -0.3 is 15.1 Å². The zero-order valence-electron chi connectivity index (χ0n) is 24.1. The molecule has 5 rings (SSSR count). The number of likely N-dealkylation sites (tertiary alicyclic amines) is 1. The molecule has 2 aliphatic rings. The Balaban J connectivity index is 1.35. The molecule has 1 aliphatic heterocycles. The largest absolute Gasteiger partial charge is 0.338 e. The van der Waals surface area contributed by atoms with Crippen molar-refractivity contribution in [3.8, 4) is 0 Å². The number of Topliss-reactive ketones (excluding diaryl/α,β-unsaturated/α-hetero) is 1. The Morgan fingerprint density at radius 2 is 1.59 bits per heavy atom. The smallest absolute Gasteiger partial charge is 0.233 e. The molecule has 1 N–H and O–H groups in total. The summed E-state index contributed by atoms with van der Waals surface area (Å²) in [7, 11) is 1.91. The first-order valence-corrected chi connectivity index (χ1v) is 15.2. The van der Waals surface area contributed by atoms with E-state index in [0.29, 0.717) is 16.6 Å². The average Bonchev–Trinajstić information content (AvgIpc) is 3.72. The number of piperidine rings is 1. The van der Waals surface area contributed by atoms with E-state index in [1.807, 2.05) is 48.3 Å². The van der Waals surface area contributed by atoms with Gasteiger partial charge in [0.1, 0.15) is 5.78 Å². The average molecular weight is 593 g/mol. The summed E-state index contributed by atoms with van der Waals surface area (Å²) >= 11 is 12.7. The minimum Gasteiger partial charge on any atom is -0.338 e. The van der Waals surface area contributed by atoms with Gasteiger partial charge >= 0.3 is 0 Å². The highest BCUT2D eigenvalue weighted by molar-refractivity contribution is 6.42. The molecule has 3 aromatic carbocycles. The molecule has 1 heterocycles. The number of hydrogen-bond acceptors (Lipinski definition) is 4. The maximum Gasteiger partial charge on any atom is 0.233 e. The van der Waals surface area contributed by atoms with Crippen molar-refractivity contribution in [2.45, 2.75) is 50.1 Å². The number of ketones is 1. The molecule has 1 aliphatic carbocycles. The van der Waals surface area contributed by atoms with Crippen LogP contribution in [-0.2, 0) is 20.5 Å². The standard InChI is InChI=1S/C34H39Cl2N3O2/c1-24(40)22-37-33(27-12-8-5-9-13-27)16-18-39(19-17-33)23-29-21-34(29,28-14-15-30(35)31(36)20-28)32(41)38(3)25(2)26-10-6-4-7-11-26/h4-15,20,25,29,37H,16-19,21-23H2,1-3H3/t25-,29?,34?/m0/s1. The number of halogens is 2. The van der Waals surface area contributed by atoms with E-state index in [1.165, 1.54) is 5.56 Å². The van der Waals surface area contributed by atoms with Crippen LogP contribution in [0.15, 0.2) is 78.9 Å². The maximum atomic E-state index is 14.3. The second-order valence-corrected chi connectivity index (χ2v) is 12.6. The van der Waals surface area contributed by atoms with Crippen molar-refractivity contribution in [3.63, 3.8) is 0 Å². The van der Waals surface area contributed by atoms with Gasteiger partial charge in [0.05, 0.1) is 28.0 Å². The summed E-state index contributed by atoms with van der Waals surface area (Å²) in [6.07, 6.45) is 2.57. The monoisotopic (exact) mass is 591 g/mol. The van der Waals surface area contributed by atoms with Crippen molar-refractivity contribution in [3.05, 3.63) is 106 Å². The van der Waals surface area contributed by atoms with E-state index in [0.717, 1.165) is 50.0 Å². The molecule has 3 aromatic rings. The number of nitrogens with zero attached hydrogens (tertiary/aromatic N) is 2. The fraction of sp³-hybridized carbons (Fsp3) is 0.412. The van der Waals surface area contributed by atoms with Crippen molar-refractivity contribution in [1.29, 1.82) is 0 Å². The molecule has 7 heteroatoms. The van der Waals surface area contributed by atoms with E-state index >= 15 is 0 Å². The molecule has 2 fully saturated rings. The van der Waals surface area contributed by atoms with Gasteiger partial charge in [-0.25, -0.2) is 0 Å². The van der Waals surface area contributed by atoms with Gasteiger partial charge in [-0.15, -0.1) is 0 Å². The van der Waals surface area contributed by atoms with Crippen LogP contribution in [0.25, 0.3) is 0 Å². The highest BCUT2D eigenvalue weighted by Crippen LogP contribution is 2.57. The third-order valence-corrected chi connectivity index (χ3v) is 10.0. The van der Waals surface area contributed by atoms with Crippen molar-refractivity contribution >= 4 is 34.9 Å². The first-order chi connectivity index (χ1) is 19.7. The van der Waals surface area contributed by atoms with E-state index in [2.05, 4.69) is 53.5 Å². The predicted molar refractivity (Wildman–Crippen MR) is 166 cm³/mol. The summed E-state index contributed by atoms with van der Waals surface area (Å²) in [4.78, 5) is 30.5. The Hall–Kier alpha value is -2.70. The van der Waals surface area contributed by atoms with E-state index < -0.39 is 5.41 Å². The molecule has 1 saturated heterocycles. The second kappa shape index (κ2) is 12.3. The molecule has 2 unspecified atom stereocenters. The predicted octanol–water partition coefficient (Wildman–Crippen LogP) is 6.64. The zero-order chi connectivity index (χ0) is 29.2. The summed E-state index contributed by atoms with van der Waals surface area (Å²) in [6, 6.07) is 26.2. The van der Waals surface area contributed by atoms with E-state index in [9.17, 15) is 9.59 Å². The highest BCUT2D eigenvalue weighted by atomic mass is 35.5. The molecule has 1 saturated carbocycles. The number of benzene rings is 3. The lowest BCUT2D eigenvalue weighted by Crippen LogP contribution is -2.52. The number of rotatable bonds is 10. The second-order valence-electron chi connectivity index (χ2n) is 11.8. The van der Waals surface area contributed by atoms with Gasteiger partial charge in [-0.05, 0) is 67.9 Å². The third kappa shape index (κ3) is 6.10. The first-order valence-electron chi connectivity index (χ1n) is 14.5. The van der Waals surface area contributed by atoms with Crippen LogP contribution in [-0.4, -0.2) is 54.7 Å². The van der Waals surface area contributed by atoms with Crippen LogP contribution in [0, 0.1) is 5.92 Å². The Bertz CT molecular complexity index is 1380. The normalized spacial score (nSPS) is 22.6. The Kier molecular flexibility index (Phi) is 8.91. The molecule has 216 valence electrons. The van der Waals surface area contributed by atoms with Crippen LogP contribution in [0.1, 0.15) is 55.8 Å². The fourth-order valence-corrected chi connectivity index (χ4v) is 6.85. The minimum atomic E-state index is -0.632. The van der Waals surface area contributed by atoms with Gasteiger partial charge in [0, 0.05) is 32.2 Å². The van der Waals surface area contributed by atoms with Crippen LogP contribution in [0.2, 0.25) is 10.0 Å². The summed E-state index contributed by atoms with van der Waals surface area (Å²) in [5.74, 6) is 0.433. The summed E-state index contributed by atoms with van der Waals surface area (Å²) in [5, 5.41) is 4.56. The number of hydrogen-bond donors (Lipinski definition) is 1. The van der Waals surface area contributed by atoms with Crippen LogP contribution < -0.4 is 5.32 Å². The Morgan fingerprint density at radius 3 is 2.20 bits per heavy atom. The lowest BCUT2D eigenvalue weighted by molar-refractivity contribution is -0.135. The van der Waals surface area contributed by atoms with E-state index in [-0.39, 0.29) is 29.2 Å². The topological polar surface area (TPSA) is 52.7 Å². The van der Waals surface area contributed by atoms with Gasteiger partial charge in [-0.1, -0.05) is 89.9 Å². The molecule has 3 atom stereocenters. The Morgan fingerprint density at radius 1 is 0.951 bits per heavy atom. The van der Waals surface area contributed by atoms with Crippen molar-refractivity contribution in [1.82, 2.24) is 15.1 Å². The molecule has 0 radical (unpaired) electrons. The molecule has 0 aromatic heterocycles. The van der Waals surface area contributed by atoms with Crippen molar-refractivity contribution in [2.75, 3.05) is 33.2 Å². The van der Waals surface area contributed by atoms with E-state index in [4.69, 9.17) is 23.2 Å². The summed E-state index contributed by atoms with van der Waals surface area (Å²) in [6.45, 7) is 6.67. The third-order valence-electron chi connectivity index (χ3n) is 9.30. The summed E-state index contributed by atoms with van der Waals surface area (Å²) in [5.41, 5.74) is 2.41. The number of carbonyl (C=O) groups excluding carboxylic acids is 2. The number of nitrogens with one attached hydrogen (secondary N) is 1. The zero-order valence-corrected chi connectivity index (χ0v) is 25.6. The van der Waals surface area contributed by atoms with Gasteiger partial charge in [-0.3, -0.25) is 9.59 Å². The molecule has 0 bridgehead atoms. The number of amides is 1. The quantitative estimate of drug-likeness (QED) is 0.287. The maximum absolute atomic E-state index is 14.3. The molecular weight excluding hydrogens is 553 g/mol. The van der Waals surface area contributed by atoms with Gasteiger partial charge in [0.15, 0.2) is 0 Å².